The molecular weight excluding hydrogens is 384 g/mol. The highest BCUT2D eigenvalue weighted by molar-refractivity contribution is 4.84. The van der Waals surface area contributed by atoms with Crippen LogP contribution >= 0.6 is 0 Å². The average Bonchev–Trinajstić information content (AvgIpc) is 2.80. The van der Waals surface area contributed by atoms with E-state index >= 15 is 0 Å². The summed E-state index contributed by atoms with van der Waals surface area (Å²) in [5.41, 5.74) is 0. The van der Waals surface area contributed by atoms with Crippen LogP contribution in [-0.4, -0.2) is 0 Å². The summed E-state index contributed by atoms with van der Waals surface area (Å²) in [5.74, 6) is 1.80. The molecule has 0 fully saturated rings. The van der Waals surface area contributed by atoms with Crippen LogP contribution in [0.1, 0.15) is 188 Å². The lowest BCUT2D eigenvalue weighted by Gasteiger charge is -2.24. The molecular formula is C32H65. The minimum Gasteiger partial charge on any atom is -0.0654 e. The number of unbranched alkanes of at least 4 members (excludes halogenated alkanes) is 17. The standard InChI is InChI=1S/C32H65/c1-5-9-13-16-19-23-27-31(26-22-12-8-4)30-32(28-24-20-17-14-10-6-2)29-25-21-18-15-11-7-3/h30-32H,5-29H2,1-4H3. The molecule has 0 heteroatoms. The van der Waals surface area contributed by atoms with Gasteiger partial charge in [0.2, 0.25) is 0 Å². The maximum absolute atomic E-state index is 2.89. The highest BCUT2D eigenvalue weighted by Gasteiger charge is 2.17. The number of hydrogen-bond acceptors (Lipinski definition) is 0. The Morgan fingerprint density at radius 2 is 0.531 bits per heavy atom. The van der Waals surface area contributed by atoms with E-state index in [2.05, 4.69) is 34.1 Å². The van der Waals surface area contributed by atoms with E-state index < -0.39 is 0 Å². The van der Waals surface area contributed by atoms with E-state index in [0.29, 0.717) is 0 Å². The third-order valence-corrected chi connectivity index (χ3v) is 7.51. The lowest BCUT2D eigenvalue weighted by molar-refractivity contribution is 0.365. The molecule has 0 spiro atoms. The second-order valence-corrected chi connectivity index (χ2v) is 10.9. The fraction of sp³-hybridized carbons (Fsp3) is 0.969. The van der Waals surface area contributed by atoms with Crippen molar-refractivity contribution in [3.05, 3.63) is 6.42 Å². The first-order chi connectivity index (χ1) is 15.8. The van der Waals surface area contributed by atoms with Gasteiger partial charge in [0.15, 0.2) is 0 Å². The van der Waals surface area contributed by atoms with Crippen LogP contribution in [0.25, 0.3) is 0 Å². The van der Waals surface area contributed by atoms with Crippen molar-refractivity contribution >= 4 is 0 Å². The molecule has 0 aliphatic carbocycles. The number of hydrogen-bond donors (Lipinski definition) is 0. The molecule has 32 heavy (non-hydrogen) atoms. The van der Waals surface area contributed by atoms with Crippen LogP contribution in [0.3, 0.4) is 0 Å². The van der Waals surface area contributed by atoms with Crippen molar-refractivity contribution in [2.24, 2.45) is 11.8 Å². The lowest BCUT2D eigenvalue weighted by atomic mass is 9.82. The summed E-state index contributed by atoms with van der Waals surface area (Å²) in [4.78, 5) is 0. The van der Waals surface area contributed by atoms with Crippen LogP contribution in [0.2, 0.25) is 0 Å². The second-order valence-electron chi connectivity index (χ2n) is 10.9. The van der Waals surface area contributed by atoms with Crippen molar-refractivity contribution in [3.8, 4) is 0 Å². The highest BCUT2D eigenvalue weighted by Crippen LogP contribution is 2.30. The fourth-order valence-corrected chi connectivity index (χ4v) is 5.28. The maximum Gasteiger partial charge on any atom is -0.0324 e. The molecule has 0 aromatic carbocycles. The first kappa shape index (κ1) is 32.0. The third kappa shape index (κ3) is 23.2. The molecule has 0 aliphatic rings. The minimum atomic E-state index is 0.901. The minimum absolute atomic E-state index is 0.901. The van der Waals surface area contributed by atoms with Gasteiger partial charge < -0.3 is 0 Å². The fourth-order valence-electron chi connectivity index (χ4n) is 5.28. The Bertz CT molecular complexity index is 304. The molecule has 1 atom stereocenters. The summed E-state index contributed by atoms with van der Waals surface area (Å²) >= 11 is 0. The van der Waals surface area contributed by atoms with Crippen molar-refractivity contribution in [3.63, 3.8) is 0 Å². The summed E-state index contributed by atoms with van der Waals surface area (Å²) in [6.07, 6.45) is 39.0. The Kier molecular flexibility index (Phi) is 27.2. The van der Waals surface area contributed by atoms with Crippen molar-refractivity contribution in [1.29, 1.82) is 0 Å². The highest BCUT2D eigenvalue weighted by atomic mass is 14.2. The molecule has 0 aromatic rings. The summed E-state index contributed by atoms with van der Waals surface area (Å²) in [6, 6.07) is 0. The van der Waals surface area contributed by atoms with Crippen LogP contribution in [0.4, 0.5) is 0 Å². The SMILES string of the molecule is CCCCCCCCC([CH]C(CCCCCCCC)CCCCCCCC)CCCCC. The molecule has 0 rings (SSSR count). The zero-order chi connectivity index (χ0) is 23.5. The quantitative estimate of drug-likeness (QED) is 0.109. The predicted molar refractivity (Wildman–Crippen MR) is 149 cm³/mol. The van der Waals surface area contributed by atoms with Gasteiger partial charge in [-0.25, -0.2) is 0 Å². The third-order valence-electron chi connectivity index (χ3n) is 7.51. The monoisotopic (exact) mass is 450 g/mol. The van der Waals surface area contributed by atoms with Crippen LogP contribution in [0, 0.1) is 18.3 Å². The van der Waals surface area contributed by atoms with Crippen molar-refractivity contribution in [2.45, 2.75) is 188 Å². The van der Waals surface area contributed by atoms with Gasteiger partial charge in [-0.3, -0.25) is 0 Å². The Labute approximate surface area is 206 Å². The maximum atomic E-state index is 2.89. The summed E-state index contributed by atoms with van der Waals surface area (Å²) in [7, 11) is 0. The zero-order valence-electron chi connectivity index (χ0n) is 23.4. The Morgan fingerprint density at radius 3 is 0.844 bits per heavy atom. The van der Waals surface area contributed by atoms with Gasteiger partial charge in [0.1, 0.15) is 0 Å². The second kappa shape index (κ2) is 27.2. The molecule has 0 aromatic heterocycles. The van der Waals surface area contributed by atoms with E-state index in [9.17, 15) is 0 Å². The molecule has 0 saturated carbocycles. The molecule has 0 aliphatic heterocycles. The van der Waals surface area contributed by atoms with Gasteiger partial charge in [-0.1, -0.05) is 188 Å². The Hall–Kier alpha value is 0. The van der Waals surface area contributed by atoms with E-state index in [-0.39, 0.29) is 0 Å². The summed E-state index contributed by atoms with van der Waals surface area (Å²) < 4.78 is 0. The summed E-state index contributed by atoms with van der Waals surface area (Å²) in [5, 5.41) is 0. The van der Waals surface area contributed by atoms with Crippen molar-refractivity contribution in [2.75, 3.05) is 0 Å². The Balaban J connectivity index is 4.46. The van der Waals surface area contributed by atoms with Crippen LogP contribution < -0.4 is 0 Å². The van der Waals surface area contributed by atoms with Gasteiger partial charge in [-0.2, -0.15) is 0 Å². The van der Waals surface area contributed by atoms with Gasteiger partial charge in [0, 0.05) is 0 Å². The van der Waals surface area contributed by atoms with E-state index in [0.717, 1.165) is 11.8 Å². The van der Waals surface area contributed by atoms with E-state index in [4.69, 9.17) is 0 Å². The van der Waals surface area contributed by atoms with Gasteiger partial charge in [0.05, 0.1) is 0 Å². The van der Waals surface area contributed by atoms with E-state index in [1.807, 2.05) is 0 Å². The van der Waals surface area contributed by atoms with E-state index in [1.54, 1.807) is 0 Å². The van der Waals surface area contributed by atoms with Crippen molar-refractivity contribution < 1.29 is 0 Å². The number of rotatable bonds is 27. The first-order valence-corrected chi connectivity index (χ1v) is 15.6. The topological polar surface area (TPSA) is 0 Å². The largest absolute Gasteiger partial charge is 0.0654 e. The molecule has 1 unspecified atom stereocenters. The molecule has 0 N–H and O–H groups in total. The van der Waals surface area contributed by atoms with E-state index in [1.165, 1.54) is 161 Å². The first-order valence-electron chi connectivity index (χ1n) is 15.6. The van der Waals surface area contributed by atoms with Gasteiger partial charge in [-0.15, -0.1) is 0 Å². The molecule has 0 saturated heterocycles. The van der Waals surface area contributed by atoms with Gasteiger partial charge in [-0.05, 0) is 18.3 Å². The lowest BCUT2D eigenvalue weighted by Crippen LogP contribution is -2.11. The van der Waals surface area contributed by atoms with Gasteiger partial charge >= 0.3 is 0 Å². The van der Waals surface area contributed by atoms with Crippen molar-refractivity contribution in [1.82, 2.24) is 0 Å². The van der Waals surface area contributed by atoms with Crippen LogP contribution in [-0.2, 0) is 0 Å². The normalized spacial score (nSPS) is 12.7. The molecule has 0 nitrogen and oxygen atoms in total. The smallest absolute Gasteiger partial charge is 0.0324 e. The summed E-state index contributed by atoms with van der Waals surface area (Å²) in [6.45, 7) is 9.33. The average molecular weight is 450 g/mol. The van der Waals surface area contributed by atoms with Crippen LogP contribution in [0.15, 0.2) is 0 Å². The predicted octanol–water partition coefficient (Wildman–Crippen LogP) is 12.3. The molecule has 1 radical (unpaired) electrons. The molecule has 0 bridgehead atoms. The molecule has 0 amide bonds. The zero-order valence-corrected chi connectivity index (χ0v) is 23.4. The van der Waals surface area contributed by atoms with Gasteiger partial charge in [0.25, 0.3) is 0 Å². The van der Waals surface area contributed by atoms with Crippen LogP contribution in [0.5, 0.6) is 0 Å². The molecule has 0 heterocycles. The Morgan fingerprint density at radius 1 is 0.312 bits per heavy atom. The molecule has 193 valence electrons.